The van der Waals surface area contributed by atoms with E-state index in [0.717, 1.165) is 94.6 Å². The number of halogens is 2. The highest BCUT2D eigenvalue weighted by Crippen LogP contribution is 2.51. The Kier molecular flexibility index (Phi) is 9.24. The van der Waals surface area contributed by atoms with Crippen molar-refractivity contribution in [3.63, 3.8) is 0 Å². The molecule has 1 aromatic heterocycles. The van der Waals surface area contributed by atoms with Crippen LogP contribution >= 0.6 is 11.6 Å². The van der Waals surface area contributed by atoms with Gasteiger partial charge in [0.25, 0.3) is 11.8 Å². The van der Waals surface area contributed by atoms with Gasteiger partial charge in [0.15, 0.2) is 0 Å². The average Bonchev–Trinajstić information content (AvgIpc) is 3.84. The number of benzene rings is 3. The van der Waals surface area contributed by atoms with Gasteiger partial charge in [0.2, 0.25) is 11.8 Å². The molecule has 0 spiro atoms. The summed E-state index contributed by atoms with van der Waals surface area (Å²) in [6.45, 7) is 6.61. The normalized spacial score (nSPS) is 21.6. The molecule has 2 N–H and O–H groups in total. The van der Waals surface area contributed by atoms with E-state index in [1.54, 1.807) is 0 Å². The third-order valence-electron chi connectivity index (χ3n) is 11.7. The smallest absolute Gasteiger partial charge is 0.262 e. The Labute approximate surface area is 322 Å². The number of anilines is 3. The predicted octanol–water partition coefficient (Wildman–Crippen LogP) is 7.82. The van der Waals surface area contributed by atoms with E-state index in [9.17, 15) is 24.4 Å². The van der Waals surface area contributed by atoms with Gasteiger partial charge in [-0.15, -0.1) is 0 Å². The molecular weight excluding hydrogens is 723 g/mol. The lowest BCUT2D eigenvalue weighted by molar-refractivity contribution is -0.136. The van der Waals surface area contributed by atoms with Crippen molar-refractivity contribution >= 4 is 52.3 Å². The Morgan fingerprint density at radius 1 is 1.00 bits per heavy atom. The Morgan fingerprint density at radius 3 is 2.36 bits per heavy atom. The van der Waals surface area contributed by atoms with Crippen LogP contribution in [0.5, 0.6) is 0 Å². The third-order valence-corrected chi connectivity index (χ3v) is 12.1. The monoisotopic (exact) mass is 762 g/mol. The lowest BCUT2D eigenvalue weighted by atomic mass is 9.85. The fraction of sp³-hybridized carbons (Fsp3) is 0.381. The molecule has 55 heavy (non-hydrogen) atoms. The third kappa shape index (κ3) is 6.54. The number of piperidine rings is 1. The molecule has 0 radical (unpaired) electrons. The van der Waals surface area contributed by atoms with Crippen LogP contribution in [0.25, 0.3) is 11.1 Å². The fourth-order valence-corrected chi connectivity index (χ4v) is 8.84. The summed E-state index contributed by atoms with van der Waals surface area (Å²) in [5.41, 5.74) is 6.20. The van der Waals surface area contributed by atoms with Crippen LogP contribution < -0.4 is 15.5 Å². The second-order valence-electron chi connectivity index (χ2n) is 15.4. The van der Waals surface area contributed by atoms with Crippen LogP contribution in [0.2, 0.25) is 5.02 Å². The fourth-order valence-electron chi connectivity index (χ4n) is 8.49. The number of aromatic nitrogens is 1. The highest BCUT2D eigenvalue weighted by molar-refractivity contribution is 6.32. The average molecular weight is 763 g/mol. The first kappa shape index (κ1) is 36.4. The van der Waals surface area contributed by atoms with Gasteiger partial charge < -0.3 is 14.7 Å². The molecule has 4 aromatic rings. The Hall–Kier alpha value is -5.54. The minimum atomic E-state index is -1.12. The number of rotatable bonds is 9. The molecule has 4 aliphatic rings. The molecule has 3 heterocycles. The molecular formula is C42H40ClFN6O5. The first-order valence-electron chi connectivity index (χ1n) is 18.7. The van der Waals surface area contributed by atoms with Gasteiger partial charge in [-0.1, -0.05) is 35.0 Å². The zero-order valence-corrected chi connectivity index (χ0v) is 31.6. The van der Waals surface area contributed by atoms with Crippen molar-refractivity contribution in [3.05, 3.63) is 93.1 Å². The van der Waals surface area contributed by atoms with E-state index in [2.05, 4.69) is 57.9 Å². The summed E-state index contributed by atoms with van der Waals surface area (Å²) in [6.07, 6.45) is 4.79. The summed E-state index contributed by atoms with van der Waals surface area (Å²) in [5.74, 6) is -2.24. The SMILES string of the molecule is Cc1ccc(-c2c(C)noc2C)cc1N(CC1CCC(Nc2cc3c(cc2F)C(=O)N(C2CCC(=O)NC2=O)C3=O)CC1)c1ccc(C2(C#N)CC2)c(Cl)c1. The Morgan fingerprint density at radius 2 is 1.73 bits per heavy atom. The van der Waals surface area contributed by atoms with Gasteiger partial charge in [0, 0.05) is 41.0 Å². The number of hydrogen-bond acceptors (Lipinski definition) is 9. The number of hydrogen-bond donors (Lipinski definition) is 2. The molecule has 13 heteroatoms. The zero-order valence-electron chi connectivity index (χ0n) is 30.8. The van der Waals surface area contributed by atoms with E-state index in [-0.39, 0.29) is 41.6 Å². The molecule has 2 aliphatic heterocycles. The molecule has 11 nitrogen and oxygen atoms in total. The number of nitriles is 1. The maximum Gasteiger partial charge on any atom is 0.262 e. The van der Waals surface area contributed by atoms with E-state index in [4.69, 9.17) is 16.1 Å². The van der Waals surface area contributed by atoms with Crippen LogP contribution in [0.4, 0.5) is 21.5 Å². The quantitative estimate of drug-likeness (QED) is 0.163. The van der Waals surface area contributed by atoms with Gasteiger partial charge in [0.1, 0.15) is 17.6 Å². The standard InChI is InChI=1S/C42H40ClFN6O5/c1-22-4-7-26(38-23(2)48-55-24(38)3)16-36(22)49(28-10-11-31(32(43)17-28)42(21-45)14-15-42)20-25-5-8-27(9-6-25)46-34-19-30-29(18-33(34)44)40(53)50(41(30)54)35-12-13-37(51)47-39(35)52/h4,7,10-11,16-19,25,27,35,46H,5-6,8-9,12-15,20H2,1-3H3,(H,47,51,52). The largest absolute Gasteiger partial charge is 0.380 e. The molecule has 0 bridgehead atoms. The number of nitrogens with zero attached hydrogens (tertiary/aromatic N) is 4. The van der Waals surface area contributed by atoms with E-state index >= 15 is 4.39 Å². The molecule has 4 amide bonds. The number of fused-ring (bicyclic) bond motifs is 1. The van der Waals surface area contributed by atoms with E-state index in [1.807, 2.05) is 26.0 Å². The number of imide groups is 2. The summed E-state index contributed by atoms with van der Waals surface area (Å²) in [5, 5.41) is 20.1. The van der Waals surface area contributed by atoms with Gasteiger partial charge in [-0.2, -0.15) is 5.26 Å². The number of carbonyl (C=O) groups excluding carboxylic acids is 4. The molecule has 282 valence electrons. The van der Waals surface area contributed by atoms with Gasteiger partial charge in [-0.05, 0) is 119 Å². The van der Waals surface area contributed by atoms with Crippen molar-refractivity contribution in [2.75, 3.05) is 16.8 Å². The summed E-state index contributed by atoms with van der Waals surface area (Å²) in [7, 11) is 0. The molecule has 2 aliphatic carbocycles. The van der Waals surface area contributed by atoms with Crippen LogP contribution in [0.1, 0.15) is 94.7 Å². The highest BCUT2D eigenvalue weighted by atomic mass is 35.5. The van der Waals surface area contributed by atoms with Gasteiger partial charge in [-0.3, -0.25) is 29.4 Å². The number of amides is 4. The molecule has 1 saturated heterocycles. The van der Waals surface area contributed by atoms with Crippen LogP contribution in [0.3, 0.4) is 0 Å². The number of aryl methyl sites for hydroxylation is 3. The van der Waals surface area contributed by atoms with Crippen molar-refractivity contribution in [2.24, 2.45) is 5.92 Å². The minimum absolute atomic E-state index is 0.00279. The van der Waals surface area contributed by atoms with Crippen molar-refractivity contribution < 1.29 is 28.1 Å². The lowest BCUT2D eigenvalue weighted by Gasteiger charge is -2.35. The summed E-state index contributed by atoms with van der Waals surface area (Å²) in [6, 6.07) is 16.0. The van der Waals surface area contributed by atoms with Crippen LogP contribution in [0.15, 0.2) is 53.1 Å². The molecule has 3 aromatic carbocycles. The highest BCUT2D eigenvalue weighted by Gasteiger charge is 2.47. The maximum atomic E-state index is 15.5. The van der Waals surface area contributed by atoms with Gasteiger partial charge in [0.05, 0.1) is 34.0 Å². The van der Waals surface area contributed by atoms with E-state index in [0.29, 0.717) is 11.6 Å². The van der Waals surface area contributed by atoms with Crippen LogP contribution in [-0.2, 0) is 15.0 Å². The molecule has 8 rings (SSSR count). The number of carbonyl (C=O) groups is 4. The van der Waals surface area contributed by atoms with Crippen molar-refractivity contribution in [3.8, 4) is 17.2 Å². The van der Waals surface area contributed by atoms with Gasteiger partial charge in [-0.25, -0.2) is 4.39 Å². The van der Waals surface area contributed by atoms with E-state index in [1.165, 1.54) is 6.07 Å². The molecule has 2 saturated carbocycles. The predicted molar refractivity (Wildman–Crippen MR) is 204 cm³/mol. The second-order valence-corrected chi connectivity index (χ2v) is 15.8. The van der Waals surface area contributed by atoms with Crippen LogP contribution in [-0.4, -0.2) is 52.3 Å². The number of nitrogens with one attached hydrogen (secondary N) is 2. The lowest BCUT2D eigenvalue weighted by Crippen LogP contribution is -2.54. The van der Waals surface area contributed by atoms with Crippen LogP contribution in [0, 0.1) is 43.8 Å². The van der Waals surface area contributed by atoms with E-state index < -0.39 is 40.9 Å². The topological polar surface area (TPSA) is 149 Å². The van der Waals surface area contributed by atoms with Crippen molar-refractivity contribution in [1.82, 2.24) is 15.4 Å². The first-order valence-corrected chi connectivity index (χ1v) is 19.1. The Bertz CT molecular complexity index is 2300. The summed E-state index contributed by atoms with van der Waals surface area (Å²) in [4.78, 5) is 53.8. The summed E-state index contributed by atoms with van der Waals surface area (Å²) < 4.78 is 21.0. The van der Waals surface area contributed by atoms with Crippen molar-refractivity contribution in [2.45, 2.75) is 89.6 Å². The zero-order chi connectivity index (χ0) is 38.8. The van der Waals surface area contributed by atoms with Gasteiger partial charge >= 0.3 is 0 Å². The summed E-state index contributed by atoms with van der Waals surface area (Å²) >= 11 is 6.91. The minimum Gasteiger partial charge on any atom is -0.380 e. The first-order chi connectivity index (χ1) is 26.4. The second kappa shape index (κ2) is 13.9. The molecule has 1 unspecified atom stereocenters. The van der Waals surface area contributed by atoms with Crippen molar-refractivity contribution in [1.29, 1.82) is 5.26 Å². The maximum absolute atomic E-state index is 15.5. The molecule has 1 atom stereocenters. The molecule has 3 fully saturated rings. The Balaban J connectivity index is 1.01.